The number of benzene rings is 3. The summed E-state index contributed by atoms with van der Waals surface area (Å²) in [6, 6.07) is 20.0. The smallest absolute Gasteiger partial charge is 0.308 e. The van der Waals surface area contributed by atoms with Gasteiger partial charge < -0.3 is 5.73 Å². The van der Waals surface area contributed by atoms with E-state index >= 15 is 0 Å². The molecule has 3 N–H and O–H groups in total. The predicted molar refractivity (Wildman–Crippen MR) is 117 cm³/mol. The second-order valence-corrected chi connectivity index (χ2v) is 9.29. The summed E-state index contributed by atoms with van der Waals surface area (Å²) in [7, 11) is -3.87. The summed E-state index contributed by atoms with van der Waals surface area (Å²) in [6.45, 7) is 0.413. The van der Waals surface area contributed by atoms with Crippen LogP contribution in [-0.2, 0) is 16.6 Å². The van der Waals surface area contributed by atoms with Crippen molar-refractivity contribution in [3.05, 3.63) is 93.6 Å². The number of fused-ring (bicyclic) bond motifs is 1. The first-order valence-electron chi connectivity index (χ1n) is 8.93. The number of nitrogens with zero attached hydrogens (tertiary/aromatic N) is 1. The van der Waals surface area contributed by atoms with E-state index < -0.39 is 15.9 Å². The maximum absolute atomic E-state index is 12.8. The van der Waals surface area contributed by atoms with Crippen LogP contribution in [0.1, 0.15) is 15.9 Å². The van der Waals surface area contributed by atoms with Gasteiger partial charge in [0.2, 0.25) is 5.91 Å². The van der Waals surface area contributed by atoms with Gasteiger partial charge in [0.05, 0.1) is 21.7 Å². The highest BCUT2D eigenvalue weighted by Gasteiger charge is 2.17. The van der Waals surface area contributed by atoms with Gasteiger partial charge in [-0.3, -0.25) is 18.9 Å². The molecule has 7 nitrogen and oxygen atoms in total. The van der Waals surface area contributed by atoms with Crippen molar-refractivity contribution in [3.8, 4) is 0 Å². The first kappa shape index (κ1) is 19.9. The summed E-state index contributed by atoms with van der Waals surface area (Å²) in [5, 5.41) is 0. The van der Waals surface area contributed by atoms with Crippen molar-refractivity contribution in [2.75, 3.05) is 4.72 Å². The molecule has 9 heteroatoms. The van der Waals surface area contributed by atoms with E-state index in [0.717, 1.165) is 16.9 Å². The molecule has 0 radical (unpaired) electrons. The van der Waals surface area contributed by atoms with E-state index in [2.05, 4.69) is 4.72 Å². The zero-order chi connectivity index (χ0) is 21.3. The van der Waals surface area contributed by atoms with E-state index in [-0.39, 0.29) is 15.3 Å². The molecule has 30 heavy (non-hydrogen) atoms. The minimum absolute atomic E-state index is 0.0436. The summed E-state index contributed by atoms with van der Waals surface area (Å²) in [5.74, 6) is -0.593. The lowest BCUT2D eigenvalue weighted by Gasteiger charge is -2.09. The number of amides is 1. The number of primary amides is 1. The van der Waals surface area contributed by atoms with Crippen LogP contribution in [0.4, 0.5) is 5.69 Å². The lowest BCUT2D eigenvalue weighted by molar-refractivity contribution is 0.100. The van der Waals surface area contributed by atoms with Gasteiger partial charge >= 0.3 is 4.87 Å². The molecule has 1 amide bonds. The fourth-order valence-electron chi connectivity index (χ4n) is 3.05. The largest absolute Gasteiger partial charge is 0.366 e. The molecule has 0 aliphatic heterocycles. The number of carbonyl (C=O) groups excluding carboxylic acids is 1. The number of hydrogen-bond donors (Lipinski definition) is 2. The Morgan fingerprint density at radius 2 is 1.70 bits per heavy atom. The molecule has 4 aromatic rings. The van der Waals surface area contributed by atoms with Gasteiger partial charge in [0, 0.05) is 11.3 Å². The molecule has 0 unspecified atom stereocenters. The molecule has 0 aliphatic rings. The fourth-order valence-corrected chi connectivity index (χ4v) is 5.14. The number of aromatic nitrogens is 1. The molecule has 0 aliphatic carbocycles. The van der Waals surface area contributed by atoms with Crippen LogP contribution in [0, 0.1) is 0 Å². The number of anilines is 1. The molecule has 0 bridgehead atoms. The Labute approximate surface area is 176 Å². The normalized spacial score (nSPS) is 11.5. The lowest BCUT2D eigenvalue weighted by Crippen LogP contribution is -2.14. The maximum Gasteiger partial charge on any atom is 0.308 e. The van der Waals surface area contributed by atoms with Crippen molar-refractivity contribution in [2.24, 2.45) is 5.73 Å². The number of carbonyl (C=O) groups is 1. The van der Waals surface area contributed by atoms with Gasteiger partial charge in [0.15, 0.2) is 0 Å². The highest BCUT2D eigenvalue weighted by molar-refractivity contribution is 7.92. The summed E-state index contributed by atoms with van der Waals surface area (Å²) in [5.41, 5.74) is 7.44. The zero-order valence-electron chi connectivity index (χ0n) is 15.6. The third-order valence-corrected chi connectivity index (χ3v) is 6.88. The van der Waals surface area contributed by atoms with Crippen LogP contribution in [0.5, 0.6) is 0 Å². The number of sulfonamides is 1. The molecular weight excluding hydrogens is 422 g/mol. The molecule has 0 spiro atoms. The SMILES string of the molecule is NC(=O)c1ccc(NS(=O)(=O)c2ccc3c(c2)sc(=O)n3Cc2ccccc2)cc1. The van der Waals surface area contributed by atoms with E-state index in [9.17, 15) is 18.0 Å². The highest BCUT2D eigenvalue weighted by atomic mass is 32.2. The van der Waals surface area contributed by atoms with Crippen LogP contribution in [0.15, 0.2) is 82.5 Å². The molecule has 0 saturated carbocycles. The van der Waals surface area contributed by atoms with Crippen LogP contribution in [0.25, 0.3) is 10.2 Å². The number of rotatable bonds is 6. The van der Waals surface area contributed by atoms with E-state index in [1.54, 1.807) is 10.6 Å². The quantitative estimate of drug-likeness (QED) is 0.481. The third kappa shape index (κ3) is 3.98. The molecule has 152 valence electrons. The molecule has 1 aromatic heterocycles. The minimum Gasteiger partial charge on any atom is -0.366 e. The Morgan fingerprint density at radius 1 is 1.00 bits per heavy atom. The van der Waals surface area contributed by atoms with E-state index in [0.29, 0.717) is 22.4 Å². The van der Waals surface area contributed by atoms with Crippen LogP contribution in [0.3, 0.4) is 0 Å². The molecule has 0 saturated heterocycles. The Bertz CT molecular complexity index is 1390. The van der Waals surface area contributed by atoms with Gasteiger partial charge in [0.25, 0.3) is 10.0 Å². The van der Waals surface area contributed by atoms with Gasteiger partial charge in [-0.2, -0.15) is 0 Å². The van der Waals surface area contributed by atoms with Crippen molar-refractivity contribution in [2.45, 2.75) is 11.4 Å². The summed E-state index contributed by atoms with van der Waals surface area (Å²) < 4.78 is 30.2. The minimum atomic E-state index is -3.87. The third-order valence-electron chi connectivity index (χ3n) is 4.56. The highest BCUT2D eigenvalue weighted by Crippen LogP contribution is 2.24. The molecule has 0 atom stereocenters. The standard InChI is InChI=1S/C21H17N3O4S2/c22-20(25)15-6-8-16(9-7-15)23-30(27,28)17-10-11-18-19(12-17)29-21(26)24(18)13-14-4-2-1-3-5-14/h1-12,23H,13H2,(H2,22,25). The van der Waals surface area contributed by atoms with Crippen molar-refractivity contribution in [1.82, 2.24) is 4.57 Å². The van der Waals surface area contributed by atoms with E-state index in [1.807, 2.05) is 30.3 Å². The first-order chi connectivity index (χ1) is 14.3. The number of hydrogen-bond acceptors (Lipinski definition) is 5. The monoisotopic (exact) mass is 439 g/mol. The Kier molecular flexibility index (Phi) is 5.15. The summed E-state index contributed by atoms with van der Waals surface area (Å²) in [6.07, 6.45) is 0. The molecular formula is C21H17N3O4S2. The topological polar surface area (TPSA) is 111 Å². The number of nitrogens with two attached hydrogens (primary N) is 1. The van der Waals surface area contributed by atoms with Crippen LogP contribution in [0.2, 0.25) is 0 Å². The Morgan fingerprint density at radius 3 is 2.37 bits per heavy atom. The van der Waals surface area contributed by atoms with Crippen molar-refractivity contribution >= 4 is 43.2 Å². The number of nitrogens with one attached hydrogen (secondary N) is 1. The molecule has 0 fully saturated rings. The van der Waals surface area contributed by atoms with Gasteiger partial charge in [-0.05, 0) is 48.0 Å². The molecule has 3 aromatic carbocycles. The Balaban J connectivity index is 1.64. The number of thiazole rings is 1. The molecule has 1 heterocycles. The van der Waals surface area contributed by atoms with Crippen LogP contribution in [-0.4, -0.2) is 18.9 Å². The Hall–Kier alpha value is -3.43. The van der Waals surface area contributed by atoms with Crippen LogP contribution < -0.4 is 15.3 Å². The van der Waals surface area contributed by atoms with Crippen molar-refractivity contribution in [1.29, 1.82) is 0 Å². The first-order valence-corrected chi connectivity index (χ1v) is 11.2. The maximum atomic E-state index is 12.8. The van der Waals surface area contributed by atoms with E-state index in [1.165, 1.54) is 36.4 Å². The summed E-state index contributed by atoms with van der Waals surface area (Å²) >= 11 is 1.00. The van der Waals surface area contributed by atoms with Gasteiger partial charge in [-0.1, -0.05) is 41.7 Å². The average molecular weight is 440 g/mol. The average Bonchev–Trinajstić information content (AvgIpc) is 3.03. The van der Waals surface area contributed by atoms with Gasteiger partial charge in [-0.25, -0.2) is 8.42 Å². The molecule has 4 rings (SSSR count). The van der Waals surface area contributed by atoms with Crippen LogP contribution >= 0.6 is 11.3 Å². The van der Waals surface area contributed by atoms with Gasteiger partial charge in [-0.15, -0.1) is 0 Å². The van der Waals surface area contributed by atoms with E-state index in [4.69, 9.17) is 5.73 Å². The second-order valence-electron chi connectivity index (χ2n) is 6.62. The second kappa shape index (κ2) is 7.77. The fraction of sp³-hybridized carbons (Fsp3) is 0.0476. The van der Waals surface area contributed by atoms with Crippen molar-refractivity contribution < 1.29 is 13.2 Å². The predicted octanol–water partition coefficient (Wildman–Crippen LogP) is 3.01. The van der Waals surface area contributed by atoms with Gasteiger partial charge in [0.1, 0.15) is 0 Å². The summed E-state index contributed by atoms with van der Waals surface area (Å²) in [4.78, 5) is 23.5. The lowest BCUT2D eigenvalue weighted by atomic mass is 10.2. The van der Waals surface area contributed by atoms with Crippen molar-refractivity contribution in [3.63, 3.8) is 0 Å². The zero-order valence-corrected chi connectivity index (χ0v) is 17.2.